The Bertz CT molecular complexity index is 1050. The minimum absolute atomic E-state index is 0.0799. The molecule has 0 N–H and O–H groups in total. The number of pyridine rings is 1. The van der Waals surface area contributed by atoms with E-state index in [0.717, 1.165) is 0 Å². The Morgan fingerprint density at radius 3 is 2.30 bits per heavy atom. The number of esters is 1. The monoisotopic (exact) mass is 417 g/mol. The lowest BCUT2D eigenvalue weighted by Gasteiger charge is -2.38. The van der Waals surface area contributed by atoms with Crippen LogP contribution in [0.4, 0.5) is 10.1 Å². The lowest BCUT2D eigenvalue weighted by atomic mass is 9.94. The Morgan fingerprint density at radius 2 is 1.77 bits per heavy atom. The SMILES string of the molecule is CCn1cc(C(=O)OC)c(=O)c2cc(F)c(N3CCN(C(=O)C(C)(C)C)CC3)cc21. The predicted molar refractivity (Wildman–Crippen MR) is 113 cm³/mol. The van der Waals surface area contributed by atoms with Gasteiger partial charge in [-0.05, 0) is 19.1 Å². The fraction of sp³-hybridized carbons (Fsp3) is 0.500. The van der Waals surface area contributed by atoms with Crippen LogP contribution in [0.25, 0.3) is 10.9 Å². The van der Waals surface area contributed by atoms with Crippen molar-refractivity contribution in [2.45, 2.75) is 34.2 Å². The number of amides is 1. The molecule has 7 nitrogen and oxygen atoms in total. The molecule has 30 heavy (non-hydrogen) atoms. The van der Waals surface area contributed by atoms with Crippen LogP contribution in [-0.4, -0.2) is 54.6 Å². The first-order valence-corrected chi connectivity index (χ1v) is 10.1. The Morgan fingerprint density at radius 1 is 1.13 bits per heavy atom. The van der Waals surface area contributed by atoms with Crippen molar-refractivity contribution in [3.05, 3.63) is 39.9 Å². The number of methoxy groups -OCH3 is 1. The number of aryl methyl sites for hydroxylation is 1. The number of rotatable bonds is 3. The van der Waals surface area contributed by atoms with Gasteiger partial charge >= 0.3 is 5.97 Å². The zero-order valence-electron chi connectivity index (χ0n) is 18.1. The van der Waals surface area contributed by atoms with Gasteiger partial charge in [-0.1, -0.05) is 20.8 Å². The van der Waals surface area contributed by atoms with Crippen molar-refractivity contribution in [3.63, 3.8) is 0 Å². The van der Waals surface area contributed by atoms with Crippen molar-refractivity contribution in [2.75, 3.05) is 38.2 Å². The number of benzene rings is 1. The molecular weight excluding hydrogens is 389 g/mol. The predicted octanol–water partition coefficient (Wildman–Crippen LogP) is 2.64. The number of hydrogen-bond acceptors (Lipinski definition) is 5. The standard InChI is InChI=1S/C22H28FN3O4/c1-6-24-13-15(20(28)30-5)19(27)14-11-16(23)18(12-17(14)24)25-7-9-26(10-8-25)21(29)22(2,3)4/h11-13H,6-10H2,1-5H3. The Hall–Kier alpha value is -2.90. The van der Waals surface area contributed by atoms with Gasteiger partial charge in [0.2, 0.25) is 11.3 Å². The van der Waals surface area contributed by atoms with Gasteiger partial charge in [0.1, 0.15) is 11.4 Å². The molecule has 0 saturated carbocycles. The summed E-state index contributed by atoms with van der Waals surface area (Å²) in [7, 11) is 1.20. The van der Waals surface area contributed by atoms with Crippen LogP contribution in [0.15, 0.2) is 23.1 Å². The number of carbonyl (C=O) groups is 2. The van der Waals surface area contributed by atoms with E-state index >= 15 is 0 Å². The molecule has 1 amide bonds. The van der Waals surface area contributed by atoms with Gasteiger partial charge in [-0.3, -0.25) is 9.59 Å². The molecule has 1 fully saturated rings. The van der Waals surface area contributed by atoms with Gasteiger partial charge < -0.3 is 19.1 Å². The zero-order chi connectivity index (χ0) is 22.2. The van der Waals surface area contributed by atoms with Crippen LogP contribution >= 0.6 is 0 Å². The molecule has 0 aliphatic carbocycles. The second-order valence-corrected chi connectivity index (χ2v) is 8.50. The van der Waals surface area contributed by atoms with Crippen LogP contribution in [0.5, 0.6) is 0 Å². The zero-order valence-corrected chi connectivity index (χ0v) is 18.1. The van der Waals surface area contributed by atoms with E-state index in [9.17, 15) is 18.8 Å². The maximum Gasteiger partial charge on any atom is 0.343 e. The van der Waals surface area contributed by atoms with E-state index in [1.807, 2.05) is 32.6 Å². The van der Waals surface area contributed by atoms with Crippen molar-refractivity contribution in [2.24, 2.45) is 5.41 Å². The second kappa shape index (κ2) is 8.08. The van der Waals surface area contributed by atoms with Gasteiger partial charge in [-0.15, -0.1) is 0 Å². The van der Waals surface area contributed by atoms with Gasteiger partial charge in [0, 0.05) is 49.7 Å². The molecule has 0 radical (unpaired) electrons. The molecule has 1 saturated heterocycles. The van der Waals surface area contributed by atoms with Crippen molar-refractivity contribution in [1.82, 2.24) is 9.47 Å². The fourth-order valence-electron chi connectivity index (χ4n) is 3.78. The van der Waals surface area contributed by atoms with Crippen LogP contribution in [0, 0.1) is 11.2 Å². The molecule has 162 valence electrons. The van der Waals surface area contributed by atoms with E-state index in [-0.39, 0.29) is 16.9 Å². The molecule has 2 heterocycles. The highest BCUT2D eigenvalue weighted by Gasteiger charge is 2.30. The van der Waals surface area contributed by atoms with E-state index < -0.39 is 22.6 Å². The van der Waals surface area contributed by atoms with Crippen LogP contribution in [0.1, 0.15) is 38.1 Å². The second-order valence-electron chi connectivity index (χ2n) is 8.50. The summed E-state index contributed by atoms with van der Waals surface area (Å²) in [4.78, 5) is 40.8. The third-order valence-electron chi connectivity index (χ3n) is 5.44. The van der Waals surface area contributed by atoms with Gasteiger partial charge in [0.25, 0.3) is 0 Å². The highest BCUT2D eigenvalue weighted by atomic mass is 19.1. The minimum atomic E-state index is -0.742. The molecule has 8 heteroatoms. The van der Waals surface area contributed by atoms with Gasteiger partial charge in [0.05, 0.1) is 18.3 Å². The van der Waals surface area contributed by atoms with E-state index in [2.05, 4.69) is 4.74 Å². The number of nitrogens with zero attached hydrogens (tertiary/aromatic N) is 3. The quantitative estimate of drug-likeness (QED) is 0.718. The highest BCUT2D eigenvalue weighted by molar-refractivity contribution is 5.94. The summed E-state index contributed by atoms with van der Waals surface area (Å²) in [6.45, 7) is 10.1. The first kappa shape index (κ1) is 21.8. The van der Waals surface area contributed by atoms with Crippen molar-refractivity contribution in [1.29, 1.82) is 0 Å². The molecule has 2 aromatic rings. The summed E-state index contributed by atoms with van der Waals surface area (Å²) in [5.41, 5.74) is -0.177. The summed E-state index contributed by atoms with van der Waals surface area (Å²) in [5.74, 6) is -1.19. The summed E-state index contributed by atoms with van der Waals surface area (Å²) in [6.07, 6.45) is 1.46. The van der Waals surface area contributed by atoms with Crippen LogP contribution < -0.4 is 10.3 Å². The smallest absolute Gasteiger partial charge is 0.343 e. The number of fused-ring (bicyclic) bond motifs is 1. The Balaban J connectivity index is 1.97. The van der Waals surface area contributed by atoms with E-state index in [1.54, 1.807) is 15.5 Å². The van der Waals surface area contributed by atoms with E-state index in [0.29, 0.717) is 43.9 Å². The largest absolute Gasteiger partial charge is 0.465 e. The first-order chi connectivity index (χ1) is 14.1. The molecule has 0 atom stereocenters. The van der Waals surface area contributed by atoms with Crippen LogP contribution in [0.3, 0.4) is 0 Å². The number of anilines is 1. The van der Waals surface area contributed by atoms with Gasteiger partial charge in [-0.25, -0.2) is 9.18 Å². The summed E-state index contributed by atoms with van der Waals surface area (Å²) >= 11 is 0. The lowest BCUT2D eigenvalue weighted by molar-refractivity contribution is -0.139. The van der Waals surface area contributed by atoms with E-state index in [4.69, 9.17) is 0 Å². The highest BCUT2D eigenvalue weighted by Crippen LogP contribution is 2.27. The molecular formula is C22H28FN3O4. The molecule has 0 unspecified atom stereocenters. The maximum atomic E-state index is 15.0. The molecule has 1 aliphatic rings. The summed E-state index contributed by atoms with van der Waals surface area (Å²) in [6, 6.07) is 2.84. The third kappa shape index (κ3) is 3.91. The number of carbonyl (C=O) groups excluding carboxylic acids is 2. The minimum Gasteiger partial charge on any atom is -0.465 e. The normalized spacial score (nSPS) is 14.9. The number of hydrogen-bond donors (Lipinski definition) is 0. The number of aromatic nitrogens is 1. The maximum absolute atomic E-state index is 15.0. The Kier molecular flexibility index (Phi) is 5.87. The molecule has 3 rings (SSSR count). The molecule has 0 bridgehead atoms. The third-order valence-corrected chi connectivity index (χ3v) is 5.44. The average molecular weight is 417 g/mol. The van der Waals surface area contributed by atoms with Gasteiger partial charge in [-0.2, -0.15) is 0 Å². The van der Waals surface area contributed by atoms with Crippen LogP contribution in [-0.2, 0) is 16.1 Å². The molecule has 1 aliphatic heterocycles. The molecule has 1 aromatic carbocycles. The summed E-state index contributed by atoms with van der Waals surface area (Å²) < 4.78 is 21.4. The fourth-order valence-corrected chi connectivity index (χ4v) is 3.78. The Labute approximate surface area is 175 Å². The number of halogens is 1. The van der Waals surface area contributed by atoms with Gasteiger partial charge in [0.15, 0.2) is 0 Å². The average Bonchev–Trinajstić information content (AvgIpc) is 2.72. The van der Waals surface area contributed by atoms with E-state index in [1.165, 1.54) is 19.4 Å². The van der Waals surface area contributed by atoms with Crippen molar-refractivity contribution >= 4 is 28.5 Å². The molecule has 0 spiro atoms. The van der Waals surface area contributed by atoms with Crippen molar-refractivity contribution in [3.8, 4) is 0 Å². The van der Waals surface area contributed by atoms with Crippen LogP contribution in [0.2, 0.25) is 0 Å². The first-order valence-electron chi connectivity index (χ1n) is 10.1. The number of ether oxygens (including phenoxy) is 1. The topological polar surface area (TPSA) is 71.8 Å². The van der Waals surface area contributed by atoms with Crippen molar-refractivity contribution < 1.29 is 18.7 Å². The molecule has 1 aromatic heterocycles. The number of piperazine rings is 1. The lowest BCUT2D eigenvalue weighted by Crippen LogP contribution is -2.51. The summed E-state index contributed by atoms with van der Waals surface area (Å²) in [5, 5.41) is 0.141.